The summed E-state index contributed by atoms with van der Waals surface area (Å²) in [5.74, 6) is 0.675. The third-order valence-electron chi connectivity index (χ3n) is 8.39. The fourth-order valence-electron chi connectivity index (χ4n) is 6.93. The van der Waals surface area contributed by atoms with Crippen LogP contribution >= 0.6 is 0 Å². The van der Waals surface area contributed by atoms with Crippen molar-refractivity contribution in [2.24, 2.45) is 34.5 Å². The molecule has 0 amide bonds. The third kappa shape index (κ3) is 2.04. The summed E-state index contributed by atoms with van der Waals surface area (Å²) in [6.07, 6.45) is 4.08. The van der Waals surface area contributed by atoms with Crippen molar-refractivity contribution in [1.82, 2.24) is 0 Å². The van der Waals surface area contributed by atoms with E-state index in [2.05, 4.69) is 13.8 Å². The Morgan fingerprint density at radius 1 is 1.00 bits per heavy atom. The predicted octanol–water partition coefficient (Wildman–Crippen LogP) is 1.90. The third-order valence-corrected chi connectivity index (χ3v) is 8.39. The van der Waals surface area contributed by atoms with E-state index in [9.17, 15) is 20.1 Å². The number of hydrogen-bond acceptors (Lipinski definition) is 4. The van der Waals surface area contributed by atoms with Crippen LogP contribution in [0.1, 0.15) is 58.8 Å². The lowest BCUT2D eigenvalue weighted by molar-refractivity contribution is -0.167. The maximum Gasteiger partial charge on any atom is 0.136 e. The van der Waals surface area contributed by atoms with E-state index in [0.29, 0.717) is 18.8 Å². The first-order valence-electron chi connectivity index (χ1n) is 9.34. The molecule has 0 aliphatic heterocycles. The molecule has 3 N–H and O–H groups in total. The Bertz CT molecular complexity index is 519. The van der Waals surface area contributed by atoms with E-state index in [-0.39, 0.29) is 40.5 Å². The number of fused-ring (bicyclic) bond motifs is 5. The highest BCUT2D eigenvalue weighted by Gasteiger charge is 2.64. The van der Waals surface area contributed by atoms with Gasteiger partial charge >= 0.3 is 0 Å². The van der Waals surface area contributed by atoms with Crippen LogP contribution in [0.15, 0.2) is 0 Å². The van der Waals surface area contributed by atoms with E-state index in [0.717, 1.165) is 32.1 Å². The van der Waals surface area contributed by atoms with E-state index in [1.807, 2.05) is 0 Å². The van der Waals surface area contributed by atoms with Crippen LogP contribution < -0.4 is 0 Å². The summed E-state index contributed by atoms with van der Waals surface area (Å²) in [5, 5.41) is 31.1. The molecule has 9 atom stereocenters. The Kier molecular flexibility index (Phi) is 3.51. The molecule has 0 radical (unpaired) electrons. The smallest absolute Gasteiger partial charge is 0.136 e. The second kappa shape index (κ2) is 5.03. The van der Waals surface area contributed by atoms with Gasteiger partial charge in [-0.1, -0.05) is 13.8 Å². The summed E-state index contributed by atoms with van der Waals surface area (Å²) in [6, 6.07) is 0. The van der Waals surface area contributed by atoms with Gasteiger partial charge in [-0.25, -0.2) is 0 Å². The molecule has 4 aliphatic carbocycles. The van der Waals surface area contributed by atoms with Gasteiger partial charge in [-0.15, -0.1) is 0 Å². The summed E-state index contributed by atoms with van der Waals surface area (Å²) in [4.78, 5) is 13.0. The molecule has 4 heteroatoms. The molecule has 0 saturated heterocycles. The van der Waals surface area contributed by atoms with Crippen LogP contribution in [0.3, 0.4) is 0 Å². The number of ketones is 1. The van der Waals surface area contributed by atoms with Gasteiger partial charge in [0.1, 0.15) is 5.78 Å². The van der Waals surface area contributed by atoms with Crippen LogP contribution in [-0.2, 0) is 4.79 Å². The van der Waals surface area contributed by atoms with Crippen molar-refractivity contribution in [3.63, 3.8) is 0 Å². The standard InChI is InChI=1S/C19H30O4/c1-18-5-3-11(20)7-10(18)8-13(21)16-12(18)4-6-19(2)15(23)9-14(22)17(16)19/h10-12,14-17,20,22-23H,3-9H2,1-2H3/t10?,11?,12-,14?,15?,16-,17-,18-,19+/m0/s1. The molecule has 4 rings (SSSR count). The van der Waals surface area contributed by atoms with Crippen molar-refractivity contribution in [2.45, 2.75) is 77.1 Å². The van der Waals surface area contributed by atoms with Gasteiger partial charge in [0.05, 0.1) is 18.3 Å². The zero-order valence-electron chi connectivity index (χ0n) is 14.2. The molecule has 23 heavy (non-hydrogen) atoms. The Balaban J connectivity index is 1.71. The maximum atomic E-state index is 13.0. The summed E-state index contributed by atoms with van der Waals surface area (Å²) < 4.78 is 0. The maximum absolute atomic E-state index is 13.0. The van der Waals surface area contributed by atoms with Crippen molar-refractivity contribution in [3.05, 3.63) is 0 Å². The second-order valence-corrected chi connectivity index (χ2v) is 9.32. The van der Waals surface area contributed by atoms with E-state index in [1.54, 1.807) is 0 Å². The number of carbonyl (C=O) groups excluding carboxylic acids is 1. The summed E-state index contributed by atoms with van der Waals surface area (Å²) in [5.41, 5.74) is -0.208. The van der Waals surface area contributed by atoms with Gasteiger partial charge in [-0.05, 0) is 54.8 Å². The Hall–Kier alpha value is -0.450. The largest absolute Gasteiger partial charge is 0.393 e. The SMILES string of the molecule is C[C@]12CCC(O)CC1CC(=O)[C@@H]1[C@@H]2CC[C@]2(C)C(O)CC(O)[C@@H]12. The highest BCUT2D eigenvalue weighted by atomic mass is 16.3. The molecule has 130 valence electrons. The number of Topliss-reactive ketones (excluding diaryl/α,β-unsaturated/α-hetero) is 1. The van der Waals surface area contributed by atoms with E-state index in [4.69, 9.17) is 0 Å². The van der Waals surface area contributed by atoms with E-state index in [1.165, 1.54) is 0 Å². The van der Waals surface area contributed by atoms with E-state index < -0.39 is 12.2 Å². The monoisotopic (exact) mass is 322 g/mol. The minimum absolute atomic E-state index is 0.0895. The second-order valence-electron chi connectivity index (χ2n) is 9.32. The number of rotatable bonds is 0. The Morgan fingerprint density at radius 3 is 2.43 bits per heavy atom. The van der Waals surface area contributed by atoms with Crippen LogP contribution in [0.25, 0.3) is 0 Å². The van der Waals surface area contributed by atoms with Crippen molar-refractivity contribution in [2.75, 3.05) is 0 Å². The quantitative estimate of drug-likeness (QED) is 0.636. The Morgan fingerprint density at radius 2 is 1.70 bits per heavy atom. The van der Waals surface area contributed by atoms with E-state index >= 15 is 0 Å². The lowest BCUT2D eigenvalue weighted by Gasteiger charge is -2.59. The number of aliphatic hydroxyl groups excluding tert-OH is 3. The molecular weight excluding hydrogens is 292 g/mol. The molecule has 0 spiro atoms. The van der Waals surface area contributed by atoms with Crippen molar-refractivity contribution < 1.29 is 20.1 Å². The van der Waals surface area contributed by atoms with Crippen LogP contribution in [0, 0.1) is 34.5 Å². The lowest BCUT2D eigenvalue weighted by atomic mass is 9.44. The first kappa shape index (κ1) is 16.0. The highest BCUT2D eigenvalue weighted by Crippen LogP contribution is 2.65. The molecule has 4 unspecified atom stereocenters. The molecule has 0 aromatic carbocycles. The minimum Gasteiger partial charge on any atom is -0.393 e. The fourth-order valence-corrected chi connectivity index (χ4v) is 6.93. The molecule has 0 aromatic heterocycles. The molecule has 0 heterocycles. The lowest BCUT2D eigenvalue weighted by Crippen LogP contribution is -2.58. The summed E-state index contributed by atoms with van der Waals surface area (Å²) in [6.45, 7) is 4.38. The van der Waals surface area contributed by atoms with Crippen LogP contribution in [0.2, 0.25) is 0 Å². The topological polar surface area (TPSA) is 77.8 Å². The molecular formula is C19H30O4. The van der Waals surface area contributed by atoms with Gasteiger partial charge in [-0.2, -0.15) is 0 Å². The molecule has 4 aliphatic rings. The molecule has 0 bridgehead atoms. The first-order valence-corrected chi connectivity index (χ1v) is 9.34. The van der Waals surface area contributed by atoms with Gasteiger partial charge in [-0.3, -0.25) is 4.79 Å². The zero-order chi connectivity index (χ0) is 16.6. The van der Waals surface area contributed by atoms with Gasteiger partial charge in [0.15, 0.2) is 0 Å². The van der Waals surface area contributed by atoms with Crippen molar-refractivity contribution in [3.8, 4) is 0 Å². The molecule has 4 fully saturated rings. The number of hydrogen-bond donors (Lipinski definition) is 3. The summed E-state index contributed by atoms with van der Waals surface area (Å²) >= 11 is 0. The Labute approximate surface area is 138 Å². The average Bonchev–Trinajstić information content (AvgIpc) is 2.71. The summed E-state index contributed by atoms with van der Waals surface area (Å²) in [7, 11) is 0. The molecule has 4 saturated carbocycles. The zero-order valence-corrected chi connectivity index (χ0v) is 14.2. The van der Waals surface area contributed by atoms with Crippen LogP contribution in [0.4, 0.5) is 0 Å². The number of carbonyl (C=O) groups is 1. The first-order chi connectivity index (χ1) is 10.8. The van der Waals surface area contributed by atoms with Crippen LogP contribution in [0.5, 0.6) is 0 Å². The van der Waals surface area contributed by atoms with Crippen LogP contribution in [-0.4, -0.2) is 39.4 Å². The normalized spacial score (nSPS) is 59.2. The van der Waals surface area contributed by atoms with Gasteiger partial charge in [0.25, 0.3) is 0 Å². The van der Waals surface area contributed by atoms with Gasteiger partial charge in [0, 0.05) is 24.7 Å². The van der Waals surface area contributed by atoms with Gasteiger partial charge < -0.3 is 15.3 Å². The molecule has 4 nitrogen and oxygen atoms in total. The minimum atomic E-state index is -0.555. The molecule has 0 aromatic rings. The van der Waals surface area contributed by atoms with Crippen molar-refractivity contribution >= 4 is 5.78 Å². The highest BCUT2D eigenvalue weighted by molar-refractivity contribution is 5.83. The fraction of sp³-hybridized carbons (Fsp3) is 0.947. The van der Waals surface area contributed by atoms with Gasteiger partial charge in [0.2, 0.25) is 0 Å². The predicted molar refractivity (Wildman–Crippen MR) is 85.5 cm³/mol. The van der Waals surface area contributed by atoms with Crippen molar-refractivity contribution in [1.29, 1.82) is 0 Å². The number of aliphatic hydroxyl groups is 3. The average molecular weight is 322 g/mol.